The van der Waals surface area contributed by atoms with Gasteiger partial charge in [-0.15, -0.1) is 0 Å². The van der Waals surface area contributed by atoms with Crippen molar-refractivity contribution in [1.82, 2.24) is 0 Å². The van der Waals surface area contributed by atoms with Crippen LogP contribution in [0.5, 0.6) is 0 Å². The van der Waals surface area contributed by atoms with Crippen LogP contribution in [0.25, 0.3) is 0 Å². The van der Waals surface area contributed by atoms with Gasteiger partial charge in [-0.3, -0.25) is 14.4 Å². The topological polar surface area (TPSA) is 170 Å². The summed E-state index contributed by atoms with van der Waals surface area (Å²) in [5.74, 6) is -2.29. The lowest BCUT2D eigenvalue weighted by atomic mass is 10.0. The fourth-order valence-corrected chi connectivity index (χ4v) is 1.05. The van der Waals surface area contributed by atoms with Gasteiger partial charge in [-0.05, 0) is 18.2 Å². The van der Waals surface area contributed by atoms with Gasteiger partial charge in [-0.1, -0.05) is 0 Å². The summed E-state index contributed by atoms with van der Waals surface area (Å²) in [6, 6.07) is 3.62. The van der Waals surface area contributed by atoms with E-state index in [0.29, 0.717) is 0 Å². The summed E-state index contributed by atoms with van der Waals surface area (Å²) in [7, 11) is 0. The first-order valence-electron chi connectivity index (χ1n) is 5.09. The van der Waals surface area contributed by atoms with Crippen molar-refractivity contribution in [2.75, 3.05) is 13.2 Å². The second-order valence-corrected chi connectivity index (χ2v) is 3.34. The number of carbonyl (C=O) groups excluding carboxylic acids is 3. The molecule has 0 aliphatic rings. The van der Waals surface area contributed by atoms with E-state index in [1.54, 1.807) is 0 Å². The van der Waals surface area contributed by atoms with Crippen molar-refractivity contribution in [1.29, 1.82) is 0 Å². The van der Waals surface area contributed by atoms with Crippen LogP contribution in [0.4, 0.5) is 0 Å². The summed E-state index contributed by atoms with van der Waals surface area (Å²) < 4.78 is 0. The summed E-state index contributed by atoms with van der Waals surface area (Å²) in [4.78, 5) is 32.6. The Bertz CT molecular complexity index is 406. The van der Waals surface area contributed by atoms with Crippen molar-refractivity contribution in [2.24, 2.45) is 17.2 Å². The van der Waals surface area contributed by atoms with Gasteiger partial charge in [0.1, 0.15) is 0 Å². The predicted octanol–water partition coefficient (Wildman–Crippen LogP) is -2.05. The lowest BCUT2D eigenvalue weighted by Crippen LogP contribution is -2.19. The molecule has 19 heavy (non-hydrogen) atoms. The van der Waals surface area contributed by atoms with Crippen molar-refractivity contribution in [3.8, 4) is 0 Å². The second kappa shape index (κ2) is 7.80. The smallest absolute Gasteiger partial charge is 0.248 e. The van der Waals surface area contributed by atoms with Crippen molar-refractivity contribution in [3.63, 3.8) is 0 Å². The molecule has 0 aromatic heterocycles. The number of hydrogen-bond donors (Lipinski definition) is 5. The zero-order valence-corrected chi connectivity index (χ0v) is 10.00. The molecular weight excluding hydrogens is 254 g/mol. The van der Waals surface area contributed by atoms with Crippen molar-refractivity contribution in [3.05, 3.63) is 34.9 Å². The normalized spacial score (nSPS) is 9.16. The first kappa shape index (κ1) is 16.6. The number of aliphatic hydroxyl groups is 2. The van der Waals surface area contributed by atoms with Crippen LogP contribution in [-0.4, -0.2) is 41.1 Å². The van der Waals surface area contributed by atoms with Gasteiger partial charge in [-0.25, -0.2) is 0 Å². The molecule has 1 rings (SSSR count). The summed E-state index contributed by atoms with van der Waals surface area (Å²) in [6.07, 6.45) is 0. The Balaban J connectivity index is 0.000000711. The van der Waals surface area contributed by atoms with E-state index in [1.807, 2.05) is 0 Å². The number of carbonyl (C=O) groups is 3. The van der Waals surface area contributed by atoms with Crippen LogP contribution in [0, 0.1) is 0 Å². The molecule has 0 aliphatic heterocycles. The molecule has 8 heteroatoms. The third kappa shape index (κ3) is 5.61. The third-order valence-corrected chi connectivity index (χ3v) is 1.89. The van der Waals surface area contributed by atoms with Gasteiger partial charge in [0.05, 0.1) is 13.2 Å². The molecule has 0 unspecified atom stereocenters. The second-order valence-electron chi connectivity index (χ2n) is 3.34. The Morgan fingerprint density at radius 1 is 0.737 bits per heavy atom. The average molecular weight is 269 g/mol. The molecule has 0 aliphatic carbocycles. The molecule has 8 N–H and O–H groups in total. The van der Waals surface area contributed by atoms with Gasteiger partial charge >= 0.3 is 0 Å². The van der Waals surface area contributed by atoms with Gasteiger partial charge in [0, 0.05) is 16.7 Å². The van der Waals surface area contributed by atoms with E-state index < -0.39 is 17.7 Å². The highest BCUT2D eigenvalue weighted by Gasteiger charge is 2.11. The number of rotatable bonds is 4. The van der Waals surface area contributed by atoms with Crippen molar-refractivity contribution < 1.29 is 24.6 Å². The average Bonchev–Trinajstić information content (AvgIpc) is 2.38. The maximum absolute atomic E-state index is 10.9. The number of amides is 3. The van der Waals surface area contributed by atoms with Gasteiger partial charge in [0.2, 0.25) is 17.7 Å². The molecule has 1 aromatic carbocycles. The number of primary amides is 3. The fourth-order valence-electron chi connectivity index (χ4n) is 1.05. The molecule has 0 saturated heterocycles. The van der Waals surface area contributed by atoms with Gasteiger partial charge in [0.15, 0.2) is 0 Å². The standard InChI is InChI=1S/C9H9N3O3.C2H6O2/c10-7(13)4-1-5(8(11)14)3-6(2-4)9(12)15;3-1-2-4/h1-3H,(H2,10,13)(H2,11,14)(H2,12,15);3-4H,1-2H2. The number of hydrogen-bond acceptors (Lipinski definition) is 5. The van der Waals surface area contributed by atoms with Gasteiger partial charge < -0.3 is 27.4 Å². The number of benzene rings is 1. The summed E-state index contributed by atoms with van der Waals surface area (Å²) in [5.41, 5.74) is 15.1. The van der Waals surface area contributed by atoms with E-state index in [4.69, 9.17) is 27.4 Å². The summed E-state index contributed by atoms with van der Waals surface area (Å²) >= 11 is 0. The lowest BCUT2D eigenvalue weighted by molar-refractivity contribution is 0.0999. The van der Waals surface area contributed by atoms with E-state index in [1.165, 1.54) is 18.2 Å². The zero-order valence-electron chi connectivity index (χ0n) is 10.00. The minimum Gasteiger partial charge on any atom is -0.394 e. The maximum Gasteiger partial charge on any atom is 0.248 e. The molecule has 0 fully saturated rings. The molecule has 0 saturated carbocycles. The first-order chi connectivity index (χ1) is 8.83. The molecule has 0 atom stereocenters. The van der Waals surface area contributed by atoms with Crippen molar-refractivity contribution in [2.45, 2.75) is 0 Å². The molecule has 0 radical (unpaired) electrons. The fraction of sp³-hybridized carbons (Fsp3) is 0.182. The summed E-state index contributed by atoms with van der Waals surface area (Å²) in [6.45, 7) is -0.250. The molecule has 0 spiro atoms. The Morgan fingerprint density at radius 2 is 0.947 bits per heavy atom. The molecule has 3 amide bonds. The molecule has 1 aromatic rings. The lowest BCUT2D eigenvalue weighted by Gasteiger charge is -2.02. The van der Waals surface area contributed by atoms with Crippen LogP contribution in [0.3, 0.4) is 0 Å². The van der Waals surface area contributed by atoms with E-state index >= 15 is 0 Å². The highest BCUT2D eigenvalue weighted by molar-refractivity contribution is 6.03. The highest BCUT2D eigenvalue weighted by Crippen LogP contribution is 2.09. The van der Waals surface area contributed by atoms with E-state index in [9.17, 15) is 14.4 Å². The van der Waals surface area contributed by atoms with Crippen LogP contribution in [-0.2, 0) is 0 Å². The minimum absolute atomic E-state index is 0.0140. The van der Waals surface area contributed by atoms with Gasteiger partial charge in [-0.2, -0.15) is 0 Å². The van der Waals surface area contributed by atoms with Crippen molar-refractivity contribution >= 4 is 17.7 Å². The maximum atomic E-state index is 10.9. The Hall–Kier alpha value is -2.45. The molecule has 104 valence electrons. The molecule has 0 bridgehead atoms. The third-order valence-electron chi connectivity index (χ3n) is 1.89. The van der Waals surface area contributed by atoms with Crippen LogP contribution in [0.1, 0.15) is 31.1 Å². The number of aliphatic hydroxyl groups excluding tert-OH is 2. The van der Waals surface area contributed by atoms with Crippen LogP contribution < -0.4 is 17.2 Å². The van der Waals surface area contributed by atoms with Crippen LogP contribution in [0.2, 0.25) is 0 Å². The molecule has 0 heterocycles. The first-order valence-corrected chi connectivity index (χ1v) is 5.09. The molecular formula is C11H15N3O5. The quantitative estimate of drug-likeness (QED) is 0.423. The Kier molecular flexibility index (Phi) is 6.79. The number of nitrogens with two attached hydrogens (primary N) is 3. The monoisotopic (exact) mass is 269 g/mol. The SMILES string of the molecule is NC(=O)c1cc(C(N)=O)cc(C(N)=O)c1.OCCO. The van der Waals surface area contributed by atoms with E-state index in [-0.39, 0.29) is 29.9 Å². The highest BCUT2D eigenvalue weighted by atomic mass is 16.3. The van der Waals surface area contributed by atoms with Crippen LogP contribution in [0.15, 0.2) is 18.2 Å². The Labute approximate surface area is 108 Å². The van der Waals surface area contributed by atoms with E-state index in [0.717, 1.165) is 0 Å². The summed E-state index contributed by atoms with van der Waals surface area (Å²) in [5, 5.41) is 15.2. The van der Waals surface area contributed by atoms with Crippen LogP contribution >= 0.6 is 0 Å². The Morgan fingerprint density at radius 3 is 1.05 bits per heavy atom. The molecule has 8 nitrogen and oxygen atoms in total. The van der Waals surface area contributed by atoms with Gasteiger partial charge in [0.25, 0.3) is 0 Å². The zero-order chi connectivity index (χ0) is 15.0. The van der Waals surface area contributed by atoms with E-state index in [2.05, 4.69) is 0 Å². The largest absolute Gasteiger partial charge is 0.394 e. The predicted molar refractivity (Wildman–Crippen MR) is 66.2 cm³/mol. The minimum atomic E-state index is -0.763.